The zero-order valence-corrected chi connectivity index (χ0v) is 19.4. The van der Waals surface area contributed by atoms with Crippen molar-refractivity contribution in [3.63, 3.8) is 0 Å². The van der Waals surface area contributed by atoms with Crippen LogP contribution in [0, 0.1) is 0 Å². The van der Waals surface area contributed by atoms with Gasteiger partial charge in [-0.25, -0.2) is 8.42 Å². The van der Waals surface area contributed by atoms with Gasteiger partial charge in [-0.2, -0.15) is 0 Å². The van der Waals surface area contributed by atoms with Gasteiger partial charge in [0.2, 0.25) is 5.91 Å². The third-order valence-electron chi connectivity index (χ3n) is 5.67. The van der Waals surface area contributed by atoms with E-state index >= 15 is 0 Å². The monoisotopic (exact) mass is 462 g/mol. The SMILES string of the molecule is CCS(=O)(=O)c1ccc(NC(=O)CCc2c(-c3ccc(OC)cc3)[nH]c3ccccc23)cc1. The summed E-state index contributed by atoms with van der Waals surface area (Å²) in [4.78, 5) is 16.4. The van der Waals surface area contributed by atoms with Crippen LogP contribution in [0.15, 0.2) is 77.7 Å². The molecule has 6 nitrogen and oxygen atoms in total. The van der Waals surface area contributed by atoms with Crippen molar-refractivity contribution in [1.29, 1.82) is 0 Å². The first-order valence-corrected chi connectivity index (χ1v) is 12.4. The molecular formula is C26H26N2O4S. The van der Waals surface area contributed by atoms with Crippen LogP contribution >= 0.6 is 0 Å². The van der Waals surface area contributed by atoms with Crippen LogP contribution in [0.2, 0.25) is 0 Å². The molecule has 0 bridgehead atoms. The van der Waals surface area contributed by atoms with Crippen molar-refractivity contribution in [2.24, 2.45) is 0 Å². The number of fused-ring (bicyclic) bond motifs is 1. The second-order valence-corrected chi connectivity index (χ2v) is 10.0. The van der Waals surface area contributed by atoms with Crippen LogP contribution in [0.5, 0.6) is 5.75 Å². The maximum absolute atomic E-state index is 12.7. The molecule has 0 aliphatic rings. The number of nitrogens with one attached hydrogen (secondary N) is 2. The van der Waals surface area contributed by atoms with Crippen LogP contribution in [-0.4, -0.2) is 32.2 Å². The molecule has 4 aromatic rings. The summed E-state index contributed by atoms with van der Waals surface area (Å²) in [5.41, 5.74) is 4.68. The highest BCUT2D eigenvalue weighted by Crippen LogP contribution is 2.32. The lowest BCUT2D eigenvalue weighted by Gasteiger charge is -2.09. The second kappa shape index (κ2) is 9.50. The number of carbonyl (C=O) groups is 1. The van der Waals surface area contributed by atoms with E-state index in [-0.39, 0.29) is 16.6 Å². The van der Waals surface area contributed by atoms with Crippen LogP contribution in [0.1, 0.15) is 18.9 Å². The number of hydrogen-bond donors (Lipinski definition) is 2. The molecule has 0 radical (unpaired) electrons. The fraction of sp³-hybridized carbons (Fsp3) is 0.192. The quantitative estimate of drug-likeness (QED) is 0.376. The Morgan fingerprint density at radius 3 is 2.33 bits per heavy atom. The van der Waals surface area contributed by atoms with Crippen molar-refractivity contribution < 1.29 is 17.9 Å². The molecule has 0 fully saturated rings. The van der Waals surface area contributed by atoms with Crippen LogP contribution in [-0.2, 0) is 21.1 Å². The van der Waals surface area contributed by atoms with Gasteiger partial charge in [0.05, 0.1) is 17.8 Å². The van der Waals surface area contributed by atoms with E-state index in [1.807, 2.05) is 42.5 Å². The van der Waals surface area contributed by atoms with E-state index in [9.17, 15) is 13.2 Å². The van der Waals surface area contributed by atoms with Gasteiger partial charge in [0.1, 0.15) is 5.75 Å². The van der Waals surface area contributed by atoms with Crippen molar-refractivity contribution in [1.82, 2.24) is 4.98 Å². The third kappa shape index (κ3) is 4.93. The van der Waals surface area contributed by atoms with E-state index in [0.717, 1.165) is 33.5 Å². The summed E-state index contributed by atoms with van der Waals surface area (Å²) in [6.45, 7) is 1.61. The summed E-state index contributed by atoms with van der Waals surface area (Å²) >= 11 is 0. The molecule has 0 atom stereocenters. The molecule has 7 heteroatoms. The third-order valence-corrected chi connectivity index (χ3v) is 7.42. The molecule has 0 saturated heterocycles. The highest BCUT2D eigenvalue weighted by molar-refractivity contribution is 7.91. The smallest absolute Gasteiger partial charge is 0.224 e. The molecule has 33 heavy (non-hydrogen) atoms. The number of anilines is 1. The minimum absolute atomic E-state index is 0.0415. The van der Waals surface area contributed by atoms with Crippen molar-refractivity contribution in [2.45, 2.75) is 24.7 Å². The molecule has 0 unspecified atom stereocenters. The fourth-order valence-electron chi connectivity index (χ4n) is 3.84. The summed E-state index contributed by atoms with van der Waals surface area (Å²) < 4.78 is 29.2. The van der Waals surface area contributed by atoms with Gasteiger partial charge in [0, 0.05) is 28.7 Å². The van der Waals surface area contributed by atoms with Gasteiger partial charge >= 0.3 is 0 Å². The number of aromatic nitrogens is 1. The van der Waals surface area contributed by atoms with E-state index in [1.54, 1.807) is 26.2 Å². The van der Waals surface area contributed by atoms with Crippen LogP contribution in [0.4, 0.5) is 5.69 Å². The number of sulfone groups is 1. The minimum Gasteiger partial charge on any atom is -0.497 e. The lowest BCUT2D eigenvalue weighted by Crippen LogP contribution is -2.12. The summed E-state index contributed by atoms with van der Waals surface area (Å²) in [6.07, 6.45) is 0.847. The number of rotatable bonds is 8. The van der Waals surface area contributed by atoms with Crippen molar-refractivity contribution >= 4 is 32.3 Å². The van der Waals surface area contributed by atoms with Gasteiger partial charge in [-0.3, -0.25) is 4.79 Å². The molecule has 1 amide bonds. The molecular weight excluding hydrogens is 436 g/mol. The lowest BCUT2D eigenvalue weighted by atomic mass is 10.0. The van der Waals surface area contributed by atoms with E-state index < -0.39 is 9.84 Å². The normalized spacial score (nSPS) is 11.5. The van der Waals surface area contributed by atoms with Crippen LogP contribution < -0.4 is 10.1 Å². The molecule has 1 heterocycles. The summed E-state index contributed by atoms with van der Waals surface area (Å²) in [5.74, 6) is 0.695. The molecule has 0 spiro atoms. The number of para-hydroxylation sites is 1. The standard InChI is InChI=1S/C26H26N2O4S/c1-3-33(30,31)21-14-10-19(11-15-21)27-25(29)17-16-23-22-6-4-5-7-24(22)28-26(23)18-8-12-20(32-2)13-9-18/h4-15,28H,3,16-17H2,1-2H3,(H,27,29). The highest BCUT2D eigenvalue weighted by atomic mass is 32.2. The van der Waals surface area contributed by atoms with Crippen LogP contribution in [0.25, 0.3) is 22.2 Å². The van der Waals surface area contributed by atoms with Crippen LogP contribution in [0.3, 0.4) is 0 Å². The van der Waals surface area contributed by atoms with Gasteiger partial charge in [0.25, 0.3) is 0 Å². The average Bonchev–Trinajstić information content (AvgIpc) is 3.21. The molecule has 2 N–H and O–H groups in total. The first kappa shape index (κ1) is 22.6. The largest absolute Gasteiger partial charge is 0.497 e. The lowest BCUT2D eigenvalue weighted by molar-refractivity contribution is -0.116. The zero-order valence-electron chi connectivity index (χ0n) is 18.6. The maximum Gasteiger partial charge on any atom is 0.224 e. The minimum atomic E-state index is -3.26. The second-order valence-electron chi connectivity index (χ2n) is 7.73. The number of amides is 1. The van der Waals surface area contributed by atoms with Gasteiger partial charge < -0.3 is 15.0 Å². The first-order chi connectivity index (χ1) is 15.9. The molecule has 1 aromatic heterocycles. The molecule has 4 rings (SSSR count). The average molecular weight is 463 g/mol. The van der Waals surface area contributed by atoms with E-state index in [1.165, 1.54) is 12.1 Å². The van der Waals surface area contributed by atoms with E-state index in [0.29, 0.717) is 18.5 Å². The molecule has 0 aliphatic carbocycles. The summed E-state index contributed by atoms with van der Waals surface area (Å²) in [5, 5.41) is 3.95. The number of benzene rings is 3. The van der Waals surface area contributed by atoms with Gasteiger partial charge in [0.15, 0.2) is 9.84 Å². The number of H-pyrrole nitrogens is 1. The zero-order chi connectivity index (χ0) is 23.4. The van der Waals surface area contributed by atoms with Crippen molar-refractivity contribution in [3.8, 4) is 17.0 Å². The maximum atomic E-state index is 12.7. The Morgan fingerprint density at radius 1 is 0.970 bits per heavy atom. The van der Waals surface area contributed by atoms with Gasteiger partial charge in [-0.05, 0) is 72.1 Å². The molecule has 170 valence electrons. The molecule has 0 saturated carbocycles. The van der Waals surface area contributed by atoms with Gasteiger partial charge in [-0.15, -0.1) is 0 Å². The van der Waals surface area contributed by atoms with Gasteiger partial charge in [-0.1, -0.05) is 25.1 Å². The number of aromatic amines is 1. The number of hydrogen-bond acceptors (Lipinski definition) is 4. The predicted octanol–water partition coefficient (Wildman–Crippen LogP) is 5.21. The summed E-state index contributed by atoms with van der Waals surface area (Å²) in [6, 6.07) is 22.2. The number of aryl methyl sites for hydroxylation is 1. The number of ether oxygens (including phenoxy) is 1. The Labute approximate surface area is 193 Å². The number of carbonyl (C=O) groups excluding carboxylic acids is 1. The Morgan fingerprint density at radius 2 is 1.67 bits per heavy atom. The summed E-state index contributed by atoms with van der Waals surface area (Å²) in [7, 11) is -1.63. The number of methoxy groups -OCH3 is 1. The Kier molecular flexibility index (Phi) is 6.51. The fourth-order valence-corrected chi connectivity index (χ4v) is 4.72. The predicted molar refractivity (Wildman–Crippen MR) is 131 cm³/mol. The Bertz CT molecular complexity index is 1370. The first-order valence-electron chi connectivity index (χ1n) is 10.8. The molecule has 0 aliphatic heterocycles. The van der Waals surface area contributed by atoms with E-state index in [2.05, 4.69) is 16.4 Å². The van der Waals surface area contributed by atoms with Crippen molar-refractivity contribution in [2.75, 3.05) is 18.2 Å². The van der Waals surface area contributed by atoms with Crippen molar-refractivity contribution in [3.05, 3.63) is 78.4 Å². The highest BCUT2D eigenvalue weighted by Gasteiger charge is 2.15. The topological polar surface area (TPSA) is 88.3 Å². The Hall–Kier alpha value is -3.58. The van der Waals surface area contributed by atoms with E-state index in [4.69, 9.17) is 4.74 Å². The molecule has 3 aromatic carbocycles. The Balaban J connectivity index is 1.52.